The lowest BCUT2D eigenvalue weighted by atomic mass is 10.0. The van der Waals surface area contributed by atoms with E-state index in [2.05, 4.69) is 4.74 Å². The second kappa shape index (κ2) is 5.64. The molecule has 0 amide bonds. The molecule has 118 valence electrons. The van der Waals surface area contributed by atoms with E-state index >= 15 is 0 Å². The van der Waals surface area contributed by atoms with E-state index in [0.717, 1.165) is 0 Å². The summed E-state index contributed by atoms with van der Waals surface area (Å²) in [4.78, 5) is 0. The second-order valence-corrected chi connectivity index (χ2v) is 3.53. The third-order valence-corrected chi connectivity index (χ3v) is 2.00. The fourth-order valence-corrected chi connectivity index (χ4v) is 0.903. The van der Waals surface area contributed by atoms with E-state index in [-0.39, 0.29) is 6.92 Å². The van der Waals surface area contributed by atoms with Crippen molar-refractivity contribution >= 4 is 0 Å². The first-order valence-electron chi connectivity index (χ1n) is 4.55. The van der Waals surface area contributed by atoms with Crippen LogP contribution in [0.2, 0.25) is 0 Å². The maximum absolute atomic E-state index is 13.0. The van der Waals surface area contributed by atoms with Gasteiger partial charge in [0.1, 0.15) is 0 Å². The molecule has 0 spiro atoms. The van der Waals surface area contributed by atoms with Crippen molar-refractivity contribution in [3.05, 3.63) is 24.1 Å². The molecule has 0 saturated heterocycles. The standard InChI is InChI=1S/C9H7F9O2/c1-3(6(11)12)5(7(13,14)9(17,18)19)20-8(15,16)4(2)10/h5,19H,2H2,1H3. The number of aliphatic hydroxyl groups is 1. The van der Waals surface area contributed by atoms with E-state index in [1.165, 1.54) is 0 Å². The highest BCUT2D eigenvalue weighted by Gasteiger charge is 2.64. The lowest BCUT2D eigenvalue weighted by Gasteiger charge is -2.31. The Morgan fingerprint density at radius 2 is 1.45 bits per heavy atom. The molecule has 0 aromatic carbocycles. The van der Waals surface area contributed by atoms with Gasteiger partial charge in [0.2, 0.25) is 0 Å². The van der Waals surface area contributed by atoms with Crippen molar-refractivity contribution in [3.8, 4) is 0 Å². The van der Waals surface area contributed by atoms with Gasteiger partial charge in [-0.15, -0.1) is 0 Å². The molecule has 0 aliphatic heterocycles. The molecule has 2 nitrogen and oxygen atoms in total. The average Bonchev–Trinajstić information content (AvgIpc) is 2.22. The first kappa shape index (κ1) is 18.8. The summed E-state index contributed by atoms with van der Waals surface area (Å²) in [5.41, 5.74) is -2.04. The summed E-state index contributed by atoms with van der Waals surface area (Å²) in [6.45, 7) is 2.05. The van der Waals surface area contributed by atoms with Gasteiger partial charge >= 0.3 is 18.1 Å². The van der Waals surface area contributed by atoms with Crippen LogP contribution >= 0.6 is 0 Å². The van der Waals surface area contributed by atoms with Gasteiger partial charge in [-0.3, -0.25) is 4.74 Å². The van der Waals surface area contributed by atoms with E-state index in [4.69, 9.17) is 5.11 Å². The molecule has 1 unspecified atom stereocenters. The Balaban J connectivity index is 5.79. The minimum absolute atomic E-state index is 0.0662. The first-order valence-corrected chi connectivity index (χ1v) is 4.55. The van der Waals surface area contributed by atoms with Crippen LogP contribution in [0.4, 0.5) is 39.5 Å². The molecule has 0 aromatic heterocycles. The summed E-state index contributed by atoms with van der Waals surface area (Å²) >= 11 is 0. The zero-order valence-electron chi connectivity index (χ0n) is 9.54. The third kappa shape index (κ3) is 3.88. The highest BCUT2D eigenvalue weighted by molar-refractivity contribution is 5.13. The quantitative estimate of drug-likeness (QED) is 0.754. The molecular weight excluding hydrogens is 311 g/mol. The van der Waals surface area contributed by atoms with Gasteiger partial charge in [-0.2, -0.15) is 35.1 Å². The number of rotatable bonds is 6. The highest BCUT2D eigenvalue weighted by Crippen LogP contribution is 2.43. The molecule has 1 N–H and O–H groups in total. The summed E-state index contributed by atoms with van der Waals surface area (Å²) < 4.78 is 115. The van der Waals surface area contributed by atoms with Crippen molar-refractivity contribution < 1.29 is 49.4 Å². The molecule has 0 rings (SSSR count). The van der Waals surface area contributed by atoms with Crippen LogP contribution in [0, 0.1) is 0 Å². The van der Waals surface area contributed by atoms with Crippen molar-refractivity contribution in [2.45, 2.75) is 31.2 Å². The molecule has 0 saturated carbocycles. The van der Waals surface area contributed by atoms with Gasteiger partial charge in [-0.25, -0.2) is 4.39 Å². The van der Waals surface area contributed by atoms with Crippen molar-refractivity contribution in [1.82, 2.24) is 0 Å². The van der Waals surface area contributed by atoms with E-state index in [9.17, 15) is 39.5 Å². The Kier molecular flexibility index (Phi) is 5.29. The van der Waals surface area contributed by atoms with Gasteiger partial charge in [0.15, 0.2) is 11.9 Å². The van der Waals surface area contributed by atoms with Gasteiger partial charge in [0, 0.05) is 5.57 Å². The number of hydrogen-bond acceptors (Lipinski definition) is 2. The Hall–Kier alpha value is -1.23. The molecule has 20 heavy (non-hydrogen) atoms. The molecule has 0 aliphatic rings. The number of alkyl halides is 6. The Morgan fingerprint density at radius 1 is 1.05 bits per heavy atom. The molecule has 0 aromatic rings. The maximum Gasteiger partial charge on any atom is 0.420 e. The largest absolute Gasteiger partial charge is 0.420 e. The molecule has 0 heterocycles. The van der Waals surface area contributed by atoms with Gasteiger partial charge in [-0.1, -0.05) is 6.58 Å². The van der Waals surface area contributed by atoms with Crippen molar-refractivity contribution in [2.24, 2.45) is 0 Å². The average molecular weight is 318 g/mol. The van der Waals surface area contributed by atoms with Crippen LogP contribution < -0.4 is 0 Å². The monoisotopic (exact) mass is 318 g/mol. The van der Waals surface area contributed by atoms with E-state index in [1.54, 1.807) is 0 Å². The minimum Gasteiger partial charge on any atom is -0.331 e. The number of ether oxygens (including phenoxy) is 1. The highest BCUT2D eigenvalue weighted by atomic mass is 19.3. The Morgan fingerprint density at radius 3 is 1.70 bits per heavy atom. The van der Waals surface area contributed by atoms with Crippen molar-refractivity contribution in [2.75, 3.05) is 0 Å². The van der Waals surface area contributed by atoms with Crippen LogP contribution in [0.15, 0.2) is 24.1 Å². The minimum atomic E-state index is -5.97. The first-order chi connectivity index (χ1) is 8.64. The third-order valence-electron chi connectivity index (χ3n) is 2.00. The number of halogens is 9. The van der Waals surface area contributed by atoms with Gasteiger partial charge in [0.05, 0.1) is 0 Å². The predicted octanol–water partition coefficient (Wildman–Crippen LogP) is 3.84. The zero-order valence-corrected chi connectivity index (χ0v) is 9.54. The van der Waals surface area contributed by atoms with Crippen molar-refractivity contribution in [3.63, 3.8) is 0 Å². The molecule has 0 bridgehead atoms. The summed E-state index contributed by atoms with van der Waals surface area (Å²) in [6.07, 6.45) is -18.2. The summed E-state index contributed by atoms with van der Waals surface area (Å²) in [6, 6.07) is 0. The molecular formula is C9H7F9O2. The molecule has 1 atom stereocenters. The van der Waals surface area contributed by atoms with Crippen LogP contribution in [0.5, 0.6) is 0 Å². The second-order valence-electron chi connectivity index (χ2n) is 3.53. The van der Waals surface area contributed by atoms with Gasteiger partial charge < -0.3 is 5.11 Å². The van der Waals surface area contributed by atoms with Crippen LogP contribution in [0.1, 0.15) is 6.92 Å². The van der Waals surface area contributed by atoms with Crippen LogP contribution in [0.25, 0.3) is 0 Å². The smallest absolute Gasteiger partial charge is 0.331 e. The van der Waals surface area contributed by atoms with Gasteiger partial charge in [0.25, 0.3) is 6.08 Å². The normalized spacial score (nSPS) is 14.9. The maximum atomic E-state index is 13.0. The van der Waals surface area contributed by atoms with Crippen LogP contribution in [-0.4, -0.2) is 29.4 Å². The zero-order chi connectivity index (χ0) is 16.5. The van der Waals surface area contributed by atoms with E-state index in [1.807, 2.05) is 6.58 Å². The number of hydrogen-bond donors (Lipinski definition) is 1. The SMILES string of the molecule is C=C(F)C(F)(F)OC(C(C)=C(F)F)C(F)(F)C(O)(F)F. The Bertz CT molecular complexity index is 406. The topological polar surface area (TPSA) is 29.5 Å². The summed E-state index contributed by atoms with van der Waals surface area (Å²) in [7, 11) is 0. The van der Waals surface area contributed by atoms with E-state index in [0.29, 0.717) is 0 Å². The Labute approximate surface area is 106 Å². The summed E-state index contributed by atoms with van der Waals surface area (Å²) in [5, 5.41) is 7.89. The predicted molar refractivity (Wildman–Crippen MR) is 47.1 cm³/mol. The molecule has 0 fully saturated rings. The summed E-state index contributed by atoms with van der Waals surface area (Å²) in [5.74, 6) is -8.55. The van der Waals surface area contributed by atoms with E-state index < -0.39 is 41.7 Å². The van der Waals surface area contributed by atoms with Crippen LogP contribution in [0.3, 0.4) is 0 Å². The van der Waals surface area contributed by atoms with Crippen LogP contribution in [-0.2, 0) is 4.74 Å². The molecule has 11 heteroatoms. The molecule has 0 aliphatic carbocycles. The van der Waals surface area contributed by atoms with Gasteiger partial charge in [-0.05, 0) is 6.92 Å². The molecule has 0 radical (unpaired) electrons. The van der Waals surface area contributed by atoms with Crippen molar-refractivity contribution in [1.29, 1.82) is 0 Å². The lowest BCUT2D eigenvalue weighted by Crippen LogP contribution is -2.53. The fourth-order valence-electron chi connectivity index (χ4n) is 0.903. The fraction of sp³-hybridized carbons (Fsp3) is 0.556. The lowest BCUT2D eigenvalue weighted by molar-refractivity contribution is -0.373.